The van der Waals surface area contributed by atoms with Crippen molar-refractivity contribution < 1.29 is 38.4 Å². The Balaban J connectivity index is -0.000000693. The Morgan fingerprint density at radius 1 is 0.759 bits per heavy atom. The minimum Gasteiger partial charge on any atom is -0.481 e. The van der Waals surface area contributed by atoms with Gasteiger partial charge in [-0.25, -0.2) is 0 Å². The van der Waals surface area contributed by atoms with E-state index >= 15 is 0 Å². The van der Waals surface area contributed by atoms with Crippen molar-refractivity contribution in [1.82, 2.24) is 0 Å². The van der Waals surface area contributed by atoms with E-state index in [1.54, 1.807) is 0 Å². The lowest BCUT2D eigenvalue weighted by Crippen LogP contribution is -2.22. The van der Waals surface area contributed by atoms with Crippen molar-refractivity contribution in [2.45, 2.75) is 194 Å². The Bertz CT molecular complexity index is 972. The minimum absolute atomic E-state index is 0.0577. The largest absolute Gasteiger partial charge is 0.481 e. The van der Waals surface area contributed by atoms with Gasteiger partial charge in [0.2, 0.25) is 0 Å². The van der Waals surface area contributed by atoms with Crippen molar-refractivity contribution >= 4 is 62.2 Å². The number of terminal acetylenes is 1. The highest BCUT2D eigenvalue weighted by Crippen LogP contribution is 2.15. The number of esters is 1. The van der Waals surface area contributed by atoms with E-state index in [0.717, 1.165) is 108 Å². The van der Waals surface area contributed by atoms with Gasteiger partial charge in [-0.1, -0.05) is 104 Å². The molecule has 58 heavy (non-hydrogen) atoms. The minimum atomic E-state index is -0.702. The molecule has 11 heteroatoms. The van der Waals surface area contributed by atoms with E-state index in [9.17, 15) is 9.59 Å². The average Bonchev–Trinajstić information content (AvgIpc) is 3.23. The van der Waals surface area contributed by atoms with Crippen LogP contribution in [0.1, 0.15) is 182 Å². The number of aliphatic carboxylic acids is 1. The van der Waals surface area contributed by atoms with Crippen LogP contribution in [0.5, 0.6) is 0 Å². The van der Waals surface area contributed by atoms with Gasteiger partial charge in [0.25, 0.3) is 0 Å². The van der Waals surface area contributed by atoms with E-state index in [-0.39, 0.29) is 24.3 Å². The van der Waals surface area contributed by atoms with Gasteiger partial charge >= 0.3 is 11.9 Å². The monoisotopic (exact) mass is 1010 g/mol. The average molecular weight is 1020 g/mol. The molecule has 8 nitrogen and oxygen atoms in total. The third kappa shape index (κ3) is 59.5. The molecule has 2 unspecified atom stereocenters. The van der Waals surface area contributed by atoms with Gasteiger partial charge in [-0.05, 0) is 108 Å². The van der Waals surface area contributed by atoms with Crippen LogP contribution in [-0.4, -0.2) is 83.9 Å². The first kappa shape index (κ1) is 61.5. The SMILES string of the molecule is C#CCCC.CC(=O)OCCCBr.CCCC#CCCCOC1CCCCO1.CCCCCCC/C=C\CCCCCSCC(=O)O.ICCCOC1CCCCO1. The summed E-state index contributed by atoms with van der Waals surface area (Å²) in [5, 5.41) is 9.36. The van der Waals surface area contributed by atoms with Crippen LogP contribution in [-0.2, 0) is 33.3 Å². The molecule has 0 aromatic carbocycles. The highest BCUT2D eigenvalue weighted by molar-refractivity contribution is 14.1. The van der Waals surface area contributed by atoms with Crippen LogP contribution in [0.4, 0.5) is 0 Å². The summed E-state index contributed by atoms with van der Waals surface area (Å²) in [4.78, 5) is 20.4. The number of thioether (sulfide) groups is 1. The van der Waals surface area contributed by atoms with Crippen molar-refractivity contribution in [2.24, 2.45) is 0 Å². The van der Waals surface area contributed by atoms with Gasteiger partial charge in [0.15, 0.2) is 12.6 Å². The number of carbonyl (C=O) groups is 2. The van der Waals surface area contributed by atoms with Crippen LogP contribution >= 0.6 is 50.3 Å². The van der Waals surface area contributed by atoms with Crippen LogP contribution in [0.15, 0.2) is 12.2 Å². The van der Waals surface area contributed by atoms with Crippen LogP contribution in [0.2, 0.25) is 0 Å². The van der Waals surface area contributed by atoms with Gasteiger partial charge in [0, 0.05) is 49.2 Å². The molecule has 1 N–H and O–H groups in total. The number of carboxylic acids is 1. The quantitative estimate of drug-likeness (QED) is 0.0215. The van der Waals surface area contributed by atoms with E-state index in [0.29, 0.717) is 6.61 Å². The zero-order valence-electron chi connectivity index (χ0n) is 37.2. The number of rotatable bonds is 27. The fourth-order valence-corrected chi connectivity index (χ4v) is 6.22. The lowest BCUT2D eigenvalue weighted by molar-refractivity contribution is -0.162. The molecule has 0 aromatic rings. The van der Waals surface area contributed by atoms with Gasteiger partial charge in [-0.15, -0.1) is 24.2 Å². The molecule has 0 aromatic heterocycles. The Kier molecular flexibility index (Phi) is 59.6. The fraction of sp³-hybridized carbons (Fsp3) is 0.830. The molecule has 2 heterocycles. The molecule has 2 fully saturated rings. The lowest BCUT2D eigenvalue weighted by Gasteiger charge is -2.22. The molecule has 2 aliphatic heterocycles. The summed E-state index contributed by atoms with van der Waals surface area (Å²) < 4.78 is 27.7. The van der Waals surface area contributed by atoms with Gasteiger partial charge in [-0.2, -0.15) is 11.8 Å². The Labute approximate surface area is 383 Å². The van der Waals surface area contributed by atoms with Crippen LogP contribution < -0.4 is 0 Å². The van der Waals surface area contributed by atoms with Crippen molar-refractivity contribution in [2.75, 3.05) is 54.3 Å². The van der Waals surface area contributed by atoms with Gasteiger partial charge in [0.05, 0.1) is 25.6 Å². The maximum atomic E-state index is 10.3. The summed E-state index contributed by atoms with van der Waals surface area (Å²) in [5.74, 6) is 9.13. The third-order valence-electron chi connectivity index (χ3n) is 8.11. The molecular formula is C47H84BrIO8S. The summed E-state index contributed by atoms with van der Waals surface area (Å²) in [6, 6.07) is 0. The Hall–Kier alpha value is -0.800. The second-order valence-electron chi connectivity index (χ2n) is 13.9. The van der Waals surface area contributed by atoms with E-state index in [2.05, 4.69) is 93.9 Å². The molecule has 2 atom stereocenters. The molecule has 0 spiro atoms. The molecule has 0 bridgehead atoms. The first-order valence-corrected chi connectivity index (χ1v) is 26.2. The topological polar surface area (TPSA) is 101 Å². The number of halogens is 2. The predicted molar refractivity (Wildman–Crippen MR) is 259 cm³/mol. The molecule has 0 amide bonds. The molecule has 2 rings (SSSR count). The van der Waals surface area contributed by atoms with Crippen molar-refractivity contribution in [3.05, 3.63) is 12.2 Å². The number of alkyl halides is 2. The number of carboxylic acid groups (broad SMARTS) is 1. The second kappa shape index (κ2) is 56.2. The lowest BCUT2D eigenvalue weighted by atomic mass is 10.1. The molecular weight excluding hydrogens is 931 g/mol. The number of ether oxygens (including phenoxy) is 5. The summed E-state index contributed by atoms with van der Waals surface area (Å²) in [7, 11) is 0. The van der Waals surface area contributed by atoms with Crippen LogP contribution in [0.3, 0.4) is 0 Å². The van der Waals surface area contributed by atoms with E-state index in [1.807, 2.05) is 0 Å². The van der Waals surface area contributed by atoms with Gasteiger partial charge < -0.3 is 28.8 Å². The molecule has 2 saturated heterocycles. The Morgan fingerprint density at radius 3 is 1.79 bits per heavy atom. The second-order valence-corrected chi connectivity index (χ2v) is 16.9. The number of hydrogen-bond acceptors (Lipinski definition) is 8. The first-order valence-electron chi connectivity index (χ1n) is 22.4. The number of hydrogen-bond donors (Lipinski definition) is 1. The van der Waals surface area contributed by atoms with Crippen molar-refractivity contribution in [3.63, 3.8) is 0 Å². The summed E-state index contributed by atoms with van der Waals surface area (Å²) in [6.07, 6.45) is 37.7. The molecule has 0 saturated carbocycles. The standard InChI is InChI=1S/C16H30O2S.C13H22O2.C8H15IO2.C5H9BrO2.C5H8/c1-2-3-4-5-6-7-8-9-10-11-12-13-14-19-15-16(17)18;1-2-3-4-5-6-8-11-14-13-10-7-9-12-15-13;9-5-3-7-11-8-4-1-2-6-10-8;1-5(7)8-4-2-3-6;1-3-5-4-2/h8-9H,2-7,10-15H2,1H3,(H,17,18);13H,2-3,6-12H2,1H3;8H,1-7H2;2-4H2,1H3;1H,4-5H2,2H3/b9-8-;;;;. The number of carbonyl (C=O) groups excluding carboxylic acids is 1. The first-order chi connectivity index (χ1) is 28.3. The maximum absolute atomic E-state index is 10.3. The zero-order valence-corrected chi connectivity index (χ0v) is 41.8. The van der Waals surface area contributed by atoms with Crippen molar-refractivity contribution in [1.29, 1.82) is 0 Å². The Morgan fingerprint density at radius 2 is 1.33 bits per heavy atom. The highest BCUT2D eigenvalue weighted by atomic mass is 127. The third-order valence-corrected chi connectivity index (χ3v) is 10.5. The summed E-state index contributed by atoms with van der Waals surface area (Å²) >= 11 is 7.09. The fourth-order valence-electron chi connectivity index (χ4n) is 4.95. The molecule has 340 valence electrons. The molecule has 0 radical (unpaired) electrons. The summed E-state index contributed by atoms with van der Waals surface area (Å²) in [5.41, 5.74) is 0. The van der Waals surface area contributed by atoms with Crippen molar-refractivity contribution in [3.8, 4) is 24.2 Å². The number of allylic oxidation sites excluding steroid dienone is 2. The number of unbranched alkanes of at least 4 members (excludes halogenated alkanes) is 11. The summed E-state index contributed by atoms with van der Waals surface area (Å²) in [6.45, 7) is 11.8. The highest BCUT2D eigenvalue weighted by Gasteiger charge is 2.13. The normalized spacial score (nSPS) is 15.6. The van der Waals surface area contributed by atoms with Gasteiger partial charge in [0.1, 0.15) is 0 Å². The van der Waals surface area contributed by atoms with Gasteiger partial charge in [-0.3, -0.25) is 9.59 Å². The van der Waals surface area contributed by atoms with E-state index < -0.39 is 5.97 Å². The molecule has 0 aliphatic carbocycles. The smallest absolute Gasteiger partial charge is 0.313 e. The van der Waals surface area contributed by atoms with Crippen LogP contribution in [0.25, 0.3) is 0 Å². The van der Waals surface area contributed by atoms with E-state index in [4.69, 9.17) is 30.5 Å². The zero-order chi connectivity index (χ0) is 43.4. The maximum Gasteiger partial charge on any atom is 0.313 e. The van der Waals surface area contributed by atoms with Crippen LogP contribution in [0, 0.1) is 24.2 Å². The molecule has 2 aliphatic rings. The predicted octanol–water partition coefficient (Wildman–Crippen LogP) is 13.5. The van der Waals surface area contributed by atoms with E-state index in [1.165, 1.54) is 107 Å².